The van der Waals surface area contributed by atoms with Crippen LogP contribution in [0, 0.1) is 0 Å². The van der Waals surface area contributed by atoms with Crippen molar-refractivity contribution >= 4 is 23.7 Å². The fourth-order valence-electron chi connectivity index (χ4n) is 4.69. The van der Waals surface area contributed by atoms with E-state index >= 15 is 0 Å². The monoisotopic (exact) mass is 523 g/mol. The molecule has 1 fully saturated rings. The molecule has 2 aromatic carbocycles. The van der Waals surface area contributed by atoms with Crippen LogP contribution in [-0.4, -0.2) is 68.6 Å². The van der Waals surface area contributed by atoms with Gasteiger partial charge < -0.3 is 24.4 Å². The highest BCUT2D eigenvalue weighted by Gasteiger charge is 2.30. The highest BCUT2D eigenvalue weighted by molar-refractivity contribution is 7.99. The van der Waals surface area contributed by atoms with E-state index in [0.717, 1.165) is 56.2 Å². The molecule has 1 aromatic heterocycles. The molecule has 1 atom stereocenters. The van der Waals surface area contributed by atoms with Crippen LogP contribution in [-0.2, 0) is 27.3 Å². The topological polar surface area (TPSA) is 105 Å². The zero-order valence-corrected chi connectivity index (χ0v) is 22.0. The first-order valence-corrected chi connectivity index (χ1v) is 13.5. The Kier molecular flexibility index (Phi) is 9.02. The maximum atomic E-state index is 9.10. The molecule has 3 heterocycles. The molecule has 2 aliphatic rings. The van der Waals surface area contributed by atoms with Crippen LogP contribution in [0.5, 0.6) is 0 Å². The van der Waals surface area contributed by atoms with E-state index in [4.69, 9.17) is 29.5 Å². The molecule has 2 N–H and O–H groups in total. The number of aromatic nitrogens is 2. The number of nitrogens with zero attached hydrogens (tertiary/aromatic N) is 3. The van der Waals surface area contributed by atoms with Gasteiger partial charge in [0, 0.05) is 36.3 Å². The Bertz CT molecular complexity index is 1210. The second-order valence-electron chi connectivity index (χ2n) is 9.21. The zero-order chi connectivity index (χ0) is 26.4. The Hall–Kier alpha value is -3.14. The van der Waals surface area contributed by atoms with Crippen LogP contribution in [0.3, 0.4) is 0 Å². The first-order chi connectivity index (χ1) is 17.9. The molecule has 1 unspecified atom stereocenters. The quantitative estimate of drug-likeness (QED) is 0.370. The number of carboxylic acids is 2. The van der Waals surface area contributed by atoms with Gasteiger partial charge in [0.05, 0.1) is 11.8 Å². The summed E-state index contributed by atoms with van der Waals surface area (Å²) in [4.78, 5) is 27.0. The van der Waals surface area contributed by atoms with E-state index in [9.17, 15) is 0 Å². The first kappa shape index (κ1) is 26.9. The van der Waals surface area contributed by atoms with Crippen molar-refractivity contribution in [3.05, 3.63) is 71.7 Å². The van der Waals surface area contributed by atoms with E-state index in [1.165, 1.54) is 21.6 Å². The van der Waals surface area contributed by atoms with Gasteiger partial charge in [-0.15, -0.1) is 11.8 Å². The number of piperidine rings is 1. The largest absolute Gasteiger partial charge is 0.473 e. The van der Waals surface area contributed by atoms with Crippen LogP contribution < -0.4 is 0 Å². The van der Waals surface area contributed by atoms with Crippen LogP contribution in [0.2, 0.25) is 0 Å². The van der Waals surface area contributed by atoms with Crippen LogP contribution in [0.25, 0.3) is 11.3 Å². The number of hydrogen-bond acceptors (Lipinski definition) is 6. The Balaban J connectivity index is 0.000000480. The van der Waals surface area contributed by atoms with Gasteiger partial charge in [-0.2, -0.15) is 0 Å². The molecular weight excluding hydrogens is 490 g/mol. The van der Waals surface area contributed by atoms with Crippen molar-refractivity contribution in [2.75, 3.05) is 25.9 Å². The Morgan fingerprint density at radius 1 is 1.03 bits per heavy atom. The van der Waals surface area contributed by atoms with E-state index in [2.05, 4.69) is 78.2 Å². The molecule has 0 amide bonds. The zero-order valence-electron chi connectivity index (χ0n) is 21.2. The number of fused-ring (bicyclic) bond motifs is 2. The number of ether oxygens (including phenoxy) is 1. The summed E-state index contributed by atoms with van der Waals surface area (Å²) in [5, 5.41) is 14.8. The third-order valence-electron chi connectivity index (χ3n) is 6.64. The van der Waals surface area contributed by atoms with E-state index in [1.54, 1.807) is 0 Å². The lowest BCUT2D eigenvalue weighted by Gasteiger charge is -2.32. The summed E-state index contributed by atoms with van der Waals surface area (Å²) >= 11 is 1.87. The normalized spacial score (nSPS) is 17.6. The summed E-state index contributed by atoms with van der Waals surface area (Å²) in [5.74, 6) is -1.51. The Morgan fingerprint density at radius 3 is 2.35 bits per heavy atom. The van der Waals surface area contributed by atoms with Crippen LogP contribution in [0.1, 0.15) is 42.8 Å². The highest BCUT2D eigenvalue weighted by atomic mass is 32.2. The van der Waals surface area contributed by atoms with E-state index in [1.807, 2.05) is 11.8 Å². The minimum atomic E-state index is -1.82. The lowest BCUT2D eigenvalue weighted by molar-refractivity contribution is -0.159. The van der Waals surface area contributed by atoms with Crippen molar-refractivity contribution in [1.82, 2.24) is 14.5 Å². The Morgan fingerprint density at radius 2 is 1.70 bits per heavy atom. The van der Waals surface area contributed by atoms with Gasteiger partial charge in [0.2, 0.25) is 0 Å². The standard InChI is InChI=1S/C26H31N3OS.C2H2O4/c1-3-31-22-10-8-20(9-11-22)24-18-29-17-12-19-6-4-5-7-23(19)25(26(29)27-24)30-21-13-15-28(2)16-14-21;3-1(4)2(5)6/h4-11,18,21,25H,3,12-17H2,1-2H3;(H,3,4)(H,5,6). The van der Waals surface area contributed by atoms with E-state index < -0.39 is 11.9 Å². The number of hydrogen-bond donors (Lipinski definition) is 2. The molecule has 5 rings (SSSR count). The summed E-state index contributed by atoms with van der Waals surface area (Å²) in [6.45, 7) is 5.32. The SMILES string of the molecule is CCSc1ccc(-c2cn3c(n2)C(OC2CCN(C)CC2)c2ccccc2CC3)cc1.O=C(O)C(=O)O. The van der Waals surface area contributed by atoms with Crippen LogP contribution in [0.15, 0.2) is 59.6 Å². The molecule has 0 bridgehead atoms. The summed E-state index contributed by atoms with van der Waals surface area (Å²) in [7, 11) is 2.19. The molecule has 37 heavy (non-hydrogen) atoms. The van der Waals surface area contributed by atoms with Gasteiger partial charge in [-0.1, -0.05) is 43.3 Å². The predicted molar refractivity (Wildman–Crippen MR) is 143 cm³/mol. The second kappa shape index (κ2) is 12.4. The lowest BCUT2D eigenvalue weighted by Crippen LogP contribution is -2.35. The molecule has 196 valence electrons. The van der Waals surface area contributed by atoms with Gasteiger partial charge in [-0.25, -0.2) is 14.6 Å². The van der Waals surface area contributed by atoms with Crippen LogP contribution >= 0.6 is 11.8 Å². The van der Waals surface area contributed by atoms with Crippen molar-refractivity contribution < 1.29 is 24.5 Å². The fourth-order valence-corrected chi connectivity index (χ4v) is 5.35. The average Bonchev–Trinajstić information content (AvgIpc) is 3.26. The van der Waals surface area contributed by atoms with Gasteiger partial charge in [0.15, 0.2) is 0 Å². The number of benzene rings is 2. The summed E-state index contributed by atoms with van der Waals surface area (Å²) in [6.07, 6.45) is 5.58. The smallest absolute Gasteiger partial charge is 0.414 e. The molecule has 0 spiro atoms. The number of rotatable bonds is 5. The van der Waals surface area contributed by atoms with E-state index in [-0.39, 0.29) is 12.2 Å². The van der Waals surface area contributed by atoms with Crippen molar-refractivity contribution in [2.24, 2.45) is 0 Å². The van der Waals surface area contributed by atoms with Gasteiger partial charge in [0.25, 0.3) is 0 Å². The number of likely N-dealkylation sites (tertiary alicyclic amines) is 1. The molecule has 3 aromatic rings. The number of carbonyl (C=O) groups is 2. The molecule has 0 saturated carbocycles. The highest BCUT2D eigenvalue weighted by Crippen LogP contribution is 2.36. The number of aliphatic carboxylic acids is 2. The summed E-state index contributed by atoms with van der Waals surface area (Å²) in [6, 6.07) is 17.6. The molecule has 0 aliphatic carbocycles. The van der Waals surface area contributed by atoms with Crippen LogP contribution in [0.4, 0.5) is 0 Å². The molecule has 9 heteroatoms. The molecule has 2 aliphatic heterocycles. The van der Waals surface area contributed by atoms with Gasteiger partial charge in [-0.3, -0.25) is 0 Å². The van der Waals surface area contributed by atoms with Gasteiger partial charge in [0.1, 0.15) is 11.9 Å². The summed E-state index contributed by atoms with van der Waals surface area (Å²) in [5.41, 5.74) is 4.88. The Labute approximate surface area is 221 Å². The third kappa shape index (κ3) is 6.80. The number of imidazole rings is 1. The van der Waals surface area contributed by atoms with E-state index in [0.29, 0.717) is 0 Å². The first-order valence-electron chi connectivity index (χ1n) is 12.5. The number of thioether (sulfide) groups is 1. The number of carboxylic acid groups (broad SMARTS) is 2. The minimum absolute atomic E-state index is 0.101. The maximum Gasteiger partial charge on any atom is 0.414 e. The second-order valence-corrected chi connectivity index (χ2v) is 10.6. The van der Waals surface area contributed by atoms with Crippen molar-refractivity contribution in [3.63, 3.8) is 0 Å². The average molecular weight is 524 g/mol. The third-order valence-corrected chi connectivity index (χ3v) is 7.53. The predicted octanol–water partition coefficient (Wildman–Crippen LogP) is 4.57. The fraction of sp³-hybridized carbons (Fsp3) is 0.393. The van der Waals surface area contributed by atoms with Crippen molar-refractivity contribution in [2.45, 2.75) is 49.8 Å². The molecule has 1 saturated heterocycles. The molecule has 0 radical (unpaired) electrons. The molecule has 8 nitrogen and oxygen atoms in total. The van der Waals surface area contributed by atoms with Gasteiger partial charge in [-0.05, 0) is 55.3 Å². The van der Waals surface area contributed by atoms with Crippen molar-refractivity contribution in [3.8, 4) is 11.3 Å². The maximum absolute atomic E-state index is 9.10. The molecular formula is C28H33N3O5S. The number of aryl methyl sites for hydroxylation is 2. The minimum Gasteiger partial charge on any atom is -0.473 e. The van der Waals surface area contributed by atoms with Gasteiger partial charge >= 0.3 is 11.9 Å². The van der Waals surface area contributed by atoms with Crippen molar-refractivity contribution in [1.29, 1.82) is 0 Å². The summed E-state index contributed by atoms with van der Waals surface area (Å²) < 4.78 is 9.12. The lowest BCUT2D eigenvalue weighted by atomic mass is 10.00.